The Balaban J connectivity index is 0.784. The van der Waals surface area contributed by atoms with E-state index in [9.17, 15) is 77.6 Å². The molecule has 14 atom stereocenters. The number of Topliss-reactive ketones (excluding diaryl/α,β-unsaturated/α-hetero) is 1. The maximum atomic E-state index is 15.9. The highest BCUT2D eigenvalue weighted by Gasteiger charge is 2.43. The predicted molar refractivity (Wildman–Crippen MR) is 534 cm³/mol. The smallest absolute Gasteiger partial charge is 0.326 e. The van der Waals surface area contributed by atoms with E-state index in [-0.39, 0.29) is 62.3 Å². The van der Waals surface area contributed by atoms with Gasteiger partial charge in [0.2, 0.25) is 100 Å². The van der Waals surface area contributed by atoms with Crippen molar-refractivity contribution in [2.45, 2.75) is 182 Å². The number of carbonyl (C=O) groups is 20. The summed E-state index contributed by atoms with van der Waals surface area (Å²) in [7, 11) is 0. The number of phenols is 2. The van der Waals surface area contributed by atoms with Crippen LogP contribution in [0.2, 0.25) is 0 Å². The van der Waals surface area contributed by atoms with Crippen LogP contribution in [0.25, 0.3) is 32.7 Å². The third-order valence-electron chi connectivity index (χ3n) is 25.2. The molecule has 2 fully saturated rings. The molecule has 149 heavy (non-hydrogen) atoms. The fraction of sp³-hybridized carbons (Fsp3) is 0.311. The number of H-pyrrole nitrogens is 4. The van der Waals surface area contributed by atoms with Gasteiger partial charge in [-0.1, -0.05) is 140 Å². The van der Waals surface area contributed by atoms with Crippen LogP contribution in [0.1, 0.15) is 90.6 Å². The first-order valence-electron chi connectivity index (χ1n) is 47.8. The molecule has 0 saturated carbocycles. The number of hydrogen-bond donors (Lipinski definition) is 24. The Hall–Kier alpha value is -18.4. The molecular weight excluding hydrogens is 1930 g/mol. The Morgan fingerprint density at radius 2 is 0.839 bits per heavy atom. The molecule has 778 valence electrons. The highest BCUT2D eigenvalue weighted by Crippen LogP contribution is 2.27. The van der Waals surface area contributed by atoms with Crippen LogP contribution < -0.4 is 91.2 Å². The summed E-state index contributed by atoms with van der Waals surface area (Å²) >= 11 is 0. The van der Waals surface area contributed by atoms with E-state index in [1.165, 1.54) is 74.2 Å². The van der Waals surface area contributed by atoms with Gasteiger partial charge >= 0.3 is 5.97 Å². The number of carboxylic acids is 1. The minimum Gasteiger partial charge on any atom is -0.508 e. The van der Waals surface area contributed by atoms with Gasteiger partial charge in [0.05, 0.1) is 38.7 Å². The fourth-order valence-electron chi connectivity index (χ4n) is 17.5. The Bertz CT molecular complexity index is 6790. The fourth-order valence-corrected chi connectivity index (χ4v) is 17.5. The first-order valence-corrected chi connectivity index (χ1v) is 47.8. The Morgan fingerprint density at radius 1 is 0.416 bits per heavy atom. The second-order valence-electron chi connectivity index (χ2n) is 36.2. The number of ketones is 1. The number of phenolic OH excluding ortho intramolecular Hbond substituents is 2. The average Bonchev–Trinajstić information content (AvgIpc) is 1.70. The van der Waals surface area contributed by atoms with E-state index in [0.717, 1.165) is 11.8 Å². The summed E-state index contributed by atoms with van der Waals surface area (Å²) in [5.74, 6) is -23.2. The Kier molecular flexibility index (Phi) is 36.7. The number of nitrogens with two attached hydrogens (primary N) is 2. The maximum absolute atomic E-state index is 15.9. The number of nitrogens with one attached hydrogen (secondary N) is 19. The number of carbonyl (C=O) groups excluding carboxylic acids is 19. The summed E-state index contributed by atoms with van der Waals surface area (Å²) in [4.78, 5) is 307. The van der Waals surface area contributed by atoms with Gasteiger partial charge in [0.15, 0.2) is 11.8 Å². The number of carboxylic acid groups (broad SMARTS) is 1. The normalized spacial score (nSPS) is 18.8. The van der Waals surface area contributed by atoms with Crippen molar-refractivity contribution in [1.82, 2.24) is 110 Å². The van der Waals surface area contributed by atoms with Crippen LogP contribution in [-0.2, 0) is 147 Å². The first-order chi connectivity index (χ1) is 71.4. The van der Waals surface area contributed by atoms with Gasteiger partial charge in [0.1, 0.15) is 90.0 Å². The van der Waals surface area contributed by atoms with Gasteiger partial charge in [0, 0.05) is 121 Å². The molecule has 46 heteroatoms. The van der Waals surface area contributed by atoms with E-state index < -0.39 is 261 Å². The summed E-state index contributed by atoms with van der Waals surface area (Å²) in [6.07, 6.45) is 1.29. The Labute approximate surface area is 849 Å². The van der Waals surface area contributed by atoms with Gasteiger partial charge in [-0.25, -0.2) is 9.78 Å². The molecule has 6 heterocycles. The second kappa shape index (κ2) is 50.7. The lowest BCUT2D eigenvalue weighted by molar-refractivity contribution is -0.143. The summed E-state index contributed by atoms with van der Waals surface area (Å²) in [6.45, 7) is -0.0148. The van der Waals surface area contributed by atoms with Crippen LogP contribution in [0.4, 0.5) is 0 Å². The number of para-hydroxylation sites is 3. The van der Waals surface area contributed by atoms with Crippen molar-refractivity contribution in [1.29, 1.82) is 0 Å². The first kappa shape index (κ1) is 108. The quantitative estimate of drug-likeness (QED) is 0.0187. The number of hydrogen-bond acceptors (Lipinski definition) is 23. The van der Waals surface area contributed by atoms with Crippen LogP contribution in [0.5, 0.6) is 11.5 Å². The summed E-state index contributed by atoms with van der Waals surface area (Å²) in [5, 5.41) is 70.5. The molecule has 0 radical (unpaired) electrons. The van der Waals surface area contributed by atoms with Crippen LogP contribution in [0.15, 0.2) is 213 Å². The highest BCUT2D eigenvalue weighted by molar-refractivity contribution is 6.09. The minimum absolute atomic E-state index is 0.107. The van der Waals surface area contributed by atoms with Crippen LogP contribution >= 0.6 is 0 Å². The zero-order valence-corrected chi connectivity index (χ0v) is 80.7. The van der Waals surface area contributed by atoms with Crippen LogP contribution in [-0.4, -0.2) is 267 Å². The molecule has 0 spiro atoms. The molecule has 4 aromatic heterocycles. The molecule has 2 saturated heterocycles. The van der Waals surface area contributed by atoms with E-state index in [2.05, 4.69) is 105 Å². The zero-order valence-electron chi connectivity index (χ0n) is 80.7. The van der Waals surface area contributed by atoms with Crippen molar-refractivity contribution in [3.05, 3.63) is 258 Å². The minimum atomic E-state index is -2.12. The third-order valence-corrected chi connectivity index (χ3v) is 25.2. The number of aromatic amines is 4. The highest BCUT2D eigenvalue weighted by atomic mass is 16.4. The monoisotopic (exact) mass is 2040 g/mol. The molecule has 0 aliphatic carbocycles. The zero-order chi connectivity index (χ0) is 107. The van der Waals surface area contributed by atoms with Gasteiger partial charge in [-0.2, -0.15) is 0 Å². The largest absolute Gasteiger partial charge is 0.508 e. The molecule has 13 rings (SSSR count). The van der Waals surface area contributed by atoms with Crippen LogP contribution in [0, 0.1) is 0 Å². The second-order valence-corrected chi connectivity index (χ2v) is 36.2. The topological polar surface area (TPSA) is 714 Å². The summed E-state index contributed by atoms with van der Waals surface area (Å²) in [5.41, 5.74) is 16.4. The predicted octanol–water partition coefficient (Wildman–Crippen LogP) is -2.12. The SMILES string of the molecule is CC(=O)C1NC(=O)CNC(=O)[C@H](Cc2cnc[nH]2)NC(=O)[C@H](Cc2c[nH]c3ccccc23)NC(=O)[C@H](CC(N)=O)NC(=O)CNC(=O)C[C@@H](C(=O)N[C@@H](Cc2c[nH]c3ccccc23)C(=O)N[C@@H](Cc2ccccc2)C(=O)N[C@@H](Cc2ccccc2)C(=O)N[C@@H](CC(N)=O)C(=O)N[C@@H](Cc2ccc(O)cc2)C(=O)N[C@@H](Cc2ccc(O)cc2)C(=O)N[C@@H](Cc2c[nH]c3ccccc23)C(=O)O)NC(=O)C2CCCN2C(=O)[C@H](C)NC1=O. The number of imidazole rings is 1. The molecule has 18 amide bonds. The number of nitrogens with zero attached hydrogens (tertiary/aromatic N) is 2. The van der Waals surface area contributed by atoms with E-state index in [0.29, 0.717) is 71.7 Å². The number of amides is 18. The van der Waals surface area contributed by atoms with Crippen molar-refractivity contribution in [3.8, 4) is 11.5 Å². The lowest BCUT2D eigenvalue weighted by Gasteiger charge is -2.30. The van der Waals surface area contributed by atoms with Crippen molar-refractivity contribution in [2.24, 2.45) is 11.5 Å². The molecule has 0 bridgehead atoms. The Morgan fingerprint density at radius 3 is 1.32 bits per heavy atom. The number of fused-ring (bicyclic) bond motifs is 4. The number of benzene rings is 7. The van der Waals surface area contributed by atoms with Crippen molar-refractivity contribution in [3.63, 3.8) is 0 Å². The number of rotatable bonds is 36. The molecule has 2 aliphatic rings. The number of aromatic hydroxyl groups is 2. The number of aliphatic carboxylic acids is 1. The van der Waals surface area contributed by atoms with Crippen molar-refractivity contribution >= 4 is 151 Å². The van der Waals surface area contributed by atoms with E-state index in [1.54, 1.807) is 146 Å². The number of primary amides is 2. The van der Waals surface area contributed by atoms with Gasteiger partial charge in [0.25, 0.3) is 5.91 Å². The van der Waals surface area contributed by atoms with E-state index >= 15 is 33.6 Å². The summed E-state index contributed by atoms with van der Waals surface area (Å²) < 4.78 is 0. The van der Waals surface area contributed by atoms with E-state index in [1.807, 2.05) is 0 Å². The maximum Gasteiger partial charge on any atom is 0.326 e. The molecule has 2 unspecified atom stereocenters. The van der Waals surface area contributed by atoms with Gasteiger partial charge in [-0.3, -0.25) is 91.1 Å². The molecule has 2 aliphatic heterocycles. The van der Waals surface area contributed by atoms with Crippen molar-refractivity contribution in [2.75, 3.05) is 19.6 Å². The molecule has 7 aromatic carbocycles. The average molecular weight is 2040 g/mol. The standard InChI is InChI=1S/C103H113N23O23/c1-54-102(147)126-35-15-26-83(126)100(145)123-81(46-86(132)110-51-87(133)114-79(44-84(104)130)97(142)119-77(41-61-48-108-70-24-13-10-21-67(61)70)96(141)121-78(43-63-50-106-53-112-63)90(135)111-52-88(134)125-89(55(2)127)101(146)113-54)99(144)120-76(40-60-47-107-69-23-12-9-20-66(60)69)95(140)117-72(36-56-16-5-3-6-17-56)91(136)115-73(37-57-18-7-4-8-19-57)93(138)122-80(45-85(105)131)98(143)118-74(38-58-27-31-64(128)32-28-58)92(137)116-75(39-59-29-33-65(129)34-30-59)94(139)124-82(103(148)149)42-62-49-109-71-25-14-11-22-68(62)71/h3-14,16-25,27-34,47-50,53-54,72-83,89,107-109,128-129H,15,26,35-46,51-52H2,1-2H3,(H2,104,130)(H2,105,131)(H,106,112)(H,110,132)(H,111,135)(H,113,146)(H,114,133)(H,115,136)(H,116,137)(H,117,140)(H,118,143)(H,119,142)(H,120,144)(H,121,141)(H,122,138)(H,123,145)(H,124,139)(H,125,134)(H,148,149)/t54-,72-,73-,74-,75-,76-,77-,78-,79-,80-,81-,82-,83?,89?/m0/s1. The summed E-state index contributed by atoms with van der Waals surface area (Å²) in [6, 6.07) is 22.8. The molecule has 26 N–H and O–H groups in total. The van der Waals surface area contributed by atoms with Crippen LogP contribution in [0.3, 0.4) is 0 Å². The number of aromatic nitrogens is 5. The van der Waals surface area contributed by atoms with Gasteiger partial charge < -0.3 is 131 Å². The lowest BCUT2D eigenvalue weighted by Crippen LogP contribution is -2.62. The van der Waals surface area contributed by atoms with Gasteiger partial charge in [-0.15, -0.1) is 0 Å². The molecular formula is C103H113N23O23. The van der Waals surface area contributed by atoms with Gasteiger partial charge in [-0.05, 0) is 108 Å². The lowest BCUT2D eigenvalue weighted by atomic mass is 10.00. The van der Waals surface area contributed by atoms with Crippen molar-refractivity contribution < 1.29 is 111 Å². The molecule has 11 aromatic rings. The van der Waals surface area contributed by atoms with E-state index in [4.69, 9.17) is 11.5 Å². The molecule has 46 nitrogen and oxygen atoms in total. The third kappa shape index (κ3) is 30.1.